The third-order valence-electron chi connectivity index (χ3n) is 2.96. The Balaban J connectivity index is 1.85. The Kier molecular flexibility index (Phi) is 2.84. The minimum atomic E-state index is 0.745. The molecule has 1 fully saturated rings. The van der Waals surface area contributed by atoms with Gasteiger partial charge in [-0.1, -0.05) is 6.07 Å². The van der Waals surface area contributed by atoms with E-state index >= 15 is 0 Å². The Hall–Kier alpha value is -1.00. The van der Waals surface area contributed by atoms with E-state index < -0.39 is 0 Å². The number of nitrogens with zero attached hydrogens (tertiary/aromatic N) is 2. The van der Waals surface area contributed by atoms with Crippen LogP contribution >= 0.6 is 11.8 Å². The summed E-state index contributed by atoms with van der Waals surface area (Å²) in [6, 6.07) is 6.32. The normalized spacial score (nSPS) is 18.0. The number of hydrogen-bond acceptors (Lipinski definition) is 3. The summed E-state index contributed by atoms with van der Waals surface area (Å²) >= 11 is 1.98. The number of rotatable bonds is 2. The van der Waals surface area contributed by atoms with E-state index in [9.17, 15) is 0 Å². The molecule has 2 aromatic heterocycles. The van der Waals surface area contributed by atoms with Crippen LogP contribution in [0.5, 0.6) is 0 Å². The molecule has 0 aromatic carbocycles. The predicted molar refractivity (Wildman–Crippen MR) is 66.9 cm³/mol. The van der Waals surface area contributed by atoms with Crippen molar-refractivity contribution in [1.29, 1.82) is 0 Å². The molecule has 0 aliphatic carbocycles. The molecule has 84 valence electrons. The lowest BCUT2D eigenvalue weighted by atomic mass is 10.2. The van der Waals surface area contributed by atoms with Crippen LogP contribution in [0.3, 0.4) is 0 Å². The van der Waals surface area contributed by atoms with Crippen molar-refractivity contribution >= 4 is 17.4 Å². The Morgan fingerprint density at radius 1 is 1.31 bits per heavy atom. The fraction of sp³-hybridized carbons (Fsp3) is 0.417. The van der Waals surface area contributed by atoms with Crippen molar-refractivity contribution in [3.05, 3.63) is 30.6 Å². The number of nitrogens with one attached hydrogen (secondary N) is 1. The lowest BCUT2D eigenvalue weighted by Crippen LogP contribution is -2.29. The van der Waals surface area contributed by atoms with Crippen molar-refractivity contribution in [3.63, 3.8) is 0 Å². The first-order valence-electron chi connectivity index (χ1n) is 5.73. The van der Waals surface area contributed by atoms with Gasteiger partial charge in [0, 0.05) is 17.6 Å². The number of aromatic nitrogens is 2. The SMILES string of the molecule is c1cc(SC2CCNCC2)n2ccnc2c1. The minimum absolute atomic E-state index is 0.745. The number of pyridine rings is 1. The average Bonchev–Trinajstić information content (AvgIpc) is 2.80. The van der Waals surface area contributed by atoms with E-state index in [2.05, 4.69) is 26.8 Å². The van der Waals surface area contributed by atoms with Crippen LogP contribution in [0.2, 0.25) is 0 Å². The second-order valence-electron chi connectivity index (χ2n) is 4.09. The number of piperidine rings is 1. The van der Waals surface area contributed by atoms with E-state index in [1.807, 2.05) is 30.2 Å². The highest BCUT2D eigenvalue weighted by molar-refractivity contribution is 7.99. The molecule has 1 N–H and O–H groups in total. The highest BCUT2D eigenvalue weighted by Crippen LogP contribution is 2.28. The van der Waals surface area contributed by atoms with Crippen molar-refractivity contribution in [2.75, 3.05) is 13.1 Å². The fourth-order valence-corrected chi connectivity index (χ4v) is 3.34. The molecule has 0 atom stereocenters. The highest BCUT2D eigenvalue weighted by Gasteiger charge is 2.15. The molecule has 1 aliphatic rings. The first-order chi connectivity index (χ1) is 7.93. The van der Waals surface area contributed by atoms with Gasteiger partial charge in [0.1, 0.15) is 5.65 Å². The van der Waals surface area contributed by atoms with Crippen LogP contribution < -0.4 is 5.32 Å². The van der Waals surface area contributed by atoms with Gasteiger partial charge in [0.15, 0.2) is 0 Å². The fourth-order valence-electron chi connectivity index (χ4n) is 2.10. The van der Waals surface area contributed by atoms with Crippen LogP contribution in [0.4, 0.5) is 0 Å². The standard InChI is InChI=1S/C12H15N3S/c1-2-11-14-8-9-15(11)12(3-1)16-10-4-6-13-7-5-10/h1-3,8-10,13H,4-7H2. The van der Waals surface area contributed by atoms with E-state index in [-0.39, 0.29) is 0 Å². The average molecular weight is 233 g/mol. The maximum atomic E-state index is 4.31. The Bertz CT molecular complexity index is 474. The topological polar surface area (TPSA) is 29.3 Å². The van der Waals surface area contributed by atoms with Gasteiger partial charge in [0.05, 0.1) is 5.03 Å². The monoisotopic (exact) mass is 233 g/mol. The molecule has 3 heterocycles. The minimum Gasteiger partial charge on any atom is -0.317 e. The van der Waals surface area contributed by atoms with E-state index in [4.69, 9.17) is 0 Å². The van der Waals surface area contributed by atoms with E-state index in [0.29, 0.717) is 0 Å². The molecular formula is C12H15N3S. The first-order valence-corrected chi connectivity index (χ1v) is 6.61. The van der Waals surface area contributed by atoms with Crippen LogP contribution in [0.1, 0.15) is 12.8 Å². The molecule has 0 spiro atoms. The molecule has 2 aromatic rings. The van der Waals surface area contributed by atoms with Gasteiger partial charge in [-0.2, -0.15) is 0 Å². The van der Waals surface area contributed by atoms with Gasteiger partial charge in [-0.25, -0.2) is 4.98 Å². The van der Waals surface area contributed by atoms with Gasteiger partial charge in [-0.3, -0.25) is 4.40 Å². The molecule has 0 amide bonds. The van der Waals surface area contributed by atoms with Gasteiger partial charge in [0.25, 0.3) is 0 Å². The predicted octanol–water partition coefficient (Wildman–Crippen LogP) is 2.18. The van der Waals surface area contributed by atoms with Crippen molar-refractivity contribution in [2.24, 2.45) is 0 Å². The molecule has 0 bridgehead atoms. The summed E-state index contributed by atoms with van der Waals surface area (Å²) in [4.78, 5) is 4.31. The molecule has 3 rings (SSSR count). The second-order valence-corrected chi connectivity index (χ2v) is 5.41. The summed E-state index contributed by atoms with van der Waals surface area (Å²) in [5.41, 5.74) is 1.04. The summed E-state index contributed by atoms with van der Waals surface area (Å²) < 4.78 is 2.17. The summed E-state index contributed by atoms with van der Waals surface area (Å²) in [5.74, 6) is 0. The van der Waals surface area contributed by atoms with Gasteiger partial charge in [0.2, 0.25) is 0 Å². The summed E-state index contributed by atoms with van der Waals surface area (Å²) in [5, 5.41) is 5.45. The maximum Gasteiger partial charge on any atom is 0.137 e. The lowest BCUT2D eigenvalue weighted by Gasteiger charge is -2.22. The molecule has 1 aliphatic heterocycles. The maximum absolute atomic E-state index is 4.31. The molecule has 0 radical (unpaired) electrons. The van der Waals surface area contributed by atoms with Crippen LogP contribution in [0.15, 0.2) is 35.6 Å². The highest BCUT2D eigenvalue weighted by atomic mass is 32.2. The Morgan fingerprint density at radius 2 is 2.19 bits per heavy atom. The second kappa shape index (κ2) is 4.47. The first kappa shape index (κ1) is 10.2. The lowest BCUT2D eigenvalue weighted by molar-refractivity contribution is 0.531. The number of imidazole rings is 1. The molecule has 0 saturated carbocycles. The van der Waals surface area contributed by atoms with E-state index in [1.54, 1.807) is 0 Å². The van der Waals surface area contributed by atoms with Crippen molar-refractivity contribution < 1.29 is 0 Å². The summed E-state index contributed by atoms with van der Waals surface area (Å²) in [6.45, 7) is 2.30. The van der Waals surface area contributed by atoms with Crippen molar-refractivity contribution in [2.45, 2.75) is 23.1 Å². The van der Waals surface area contributed by atoms with Crippen LogP contribution in [0.25, 0.3) is 5.65 Å². The summed E-state index contributed by atoms with van der Waals surface area (Å²) in [6.07, 6.45) is 6.42. The zero-order valence-electron chi connectivity index (χ0n) is 9.10. The zero-order chi connectivity index (χ0) is 10.8. The third kappa shape index (κ3) is 1.95. The number of fused-ring (bicyclic) bond motifs is 1. The van der Waals surface area contributed by atoms with Crippen molar-refractivity contribution in [3.8, 4) is 0 Å². The smallest absolute Gasteiger partial charge is 0.137 e. The van der Waals surface area contributed by atoms with Crippen LogP contribution in [-0.4, -0.2) is 27.7 Å². The van der Waals surface area contributed by atoms with E-state index in [1.165, 1.54) is 17.9 Å². The molecular weight excluding hydrogens is 218 g/mol. The zero-order valence-corrected chi connectivity index (χ0v) is 9.91. The molecule has 1 saturated heterocycles. The van der Waals surface area contributed by atoms with Crippen molar-refractivity contribution in [1.82, 2.24) is 14.7 Å². The van der Waals surface area contributed by atoms with Gasteiger partial charge in [-0.15, -0.1) is 11.8 Å². The number of hydrogen-bond donors (Lipinski definition) is 1. The quantitative estimate of drug-likeness (QED) is 0.862. The Morgan fingerprint density at radius 3 is 3.06 bits per heavy atom. The van der Waals surface area contributed by atoms with Crippen LogP contribution in [-0.2, 0) is 0 Å². The third-order valence-corrected chi connectivity index (χ3v) is 4.34. The Labute approximate surface area is 99.3 Å². The number of thioether (sulfide) groups is 1. The largest absolute Gasteiger partial charge is 0.317 e. The molecule has 4 heteroatoms. The van der Waals surface area contributed by atoms with Gasteiger partial charge >= 0.3 is 0 Å². The van der Waals surface area contributed by atoms with Crippen LogP contribution in [0, 0.1) is 0 Å². The molecule has 16 heavy (non-hydrogen) atoms. The summed E-state index contributed by atoms with van der Waals surface area (Å²) in [7, 11) is 0. The molecule has 0 unspecified atom stereocenters. The van der Waals surface area contributed by atoms with E-state index in [0.717, 1.165) is 24.0 Å². The van der Waals surface area contributed by atoms with Gasteiger partial charge in [-0.05, 0) is 38.1 Å². The molecule has 3 nitrogen and oxygen atoms in total. The van der Waals surface area contributed by atoms with Gasteiger partial charge < -0.3 is 5.32 Å².